The van der Waals surface area contributed by atoms with Crippen LogP contribution in [0, 0.1) is 5.92 Å². The third kappa shape index (κ3) is 1.64. The molecule has 0 bridgehead atoms. The van der Waals surface area contributed by atoms with Crippen LogP contribution in [0.15, 0.2) is 35.5 Å². The molecule has 2 nitrogen and oxygen atoms in total. The van der Waals surface area contributed by atoms with Crippen molar-refractivity contribution in [2.24, 2.45) is 5.92 Å². The van der Waals surface area contributed by atoms with E-state index in [1.54, 1.807) is 12.3 Å². The normalized spacial score (nSPS) is 15.1. The van der Waals surface area contributed by atoms with E-state index >= 15 is 0 Å². The first-order valence-electron chi connectivity index (χ1n) is 3.91. The predicted molar refractivity (Wildman–Crippen MR) is 46.9 cm³/mol. The summed E-state index contributed by atoms with van der Waals surface area (Å²) in [5.74, 6) is 0.718. The van der Waals surface area contributed by atoms with Gasteiger partial charge in [-0.3, -0.25) is 0 Å². The first-order chi connectivity index (χ1) is 5.79. The lowest BCUT2D eigenvalue weighted by Crippen LogP contribution is -2.07. The molecule has 0 N–H and O–H groups in total. The molecule has 0 amide bonds. The Bertz CT molecular complexity index is 249. The van der Waals surface area contributed by atoms with Gasteiger partial charge in [-0.2, -0.15) is 0 Å². The van der Waals surface area contributed by atoms with Gasteiger partial charge in [0.05, 0.1) is 6.26 Å². The van der Waals surface area contributed by atoms with E-state index in [-0.39, 0.29) is 11.8 Å². The first-order valence-corrected chi connectivity index (χ1v) is 3.91. The third-order valence-corrected chi connectivity index (χ3v) is 1.91. The van der Waals surface area contributed by atoms with Crippen molar-refractivity contribution in [3.63, 3.8) is 0 Å². The molecule has 64 valence electrons. The van der Waals surface area contributed by atoms with Crippen molar-refractivity contribution >= 4 is 6.29 Å². The summed E-state index contributed by atoms with van der Waals surface area (Å²) in [6, 6.07) is 3.66. The Hall–Kier alpha value is -1.31. The number of aldehydes is 1. The molecule has 0 aliphatic heterocycles. The minimum Gasteiger partial charge on any atom is -0.469 e. The molecule has 0 unspecified atom stereocenters. The Morgan fingerprint density at radius 3 is 2.83 bits per heavy atom. The highest BCUT2D eigenvalue weighted by molar-refractivity contribution is 5.55. The summed E-state index contributed by atoms with van der Waals surface area (Å²) in [4.78, 5) is 10.5. The van der Waals surface area contributed by atoms with Crippen molar-refractivity contribution in [1.82, 2.24) is 0 Å². The predicted octanol–water partition coefficient (Wildman–Crippen LogP) is 2.38. The number of rotatable bonds is 4. The summed E-state index contributed by atoms with van der Waals surface area (Å²) in [5.41, 5.74) is 0. The van der Waals surface area contributed by atoms with Gasteiger partial charge in [0.1, 0.15) is 12.0 Å². The molecule has 0 fully saturated rings. The van der Waals surface area contributed by atoms with Crippen LogP contribution in [-0.4, -0.2) is 6.29 Å². The molecular weight excluding hydrogens is 152 g/mol. The van der Waals surface area contributed by atoms with Crippen molar-refractivity contribution in [2.75, 3.05) is 0 Å². The van der Waals surface area contributed by atoms with Crippen molar-refractivity contribution < 1.29 is 9.21 Å². The van der Waals surface area contributed by atoms with Gasteiger partial charge in [0.15, 0.2) is 0 Å². The second-order valence-electron chi connectivity index (χ2n) is 2.77. The quantitative estimate of drug-likeness (QED) is 0.505. The lowest BCUT2D eigenvalue weighted by atomic mass is 9.93. The van der Waals surface area contributed by atoms with Crippen LogP contribution in [0.5, 0.6) is 0 Å². The largest absolute Gasteiger partial charge is 0.469 e. The lowest BCUT2D eigenvalue weighted by molar-refractivity contribution is -0.111. The lowest BCUT2D eigenvalue weighted by Gasteiger charge is -2.11. The number of allylic oxidation sites excluding steroid dienone is 1. The molecule has 1 rings (SSSR count). The Kier molecular flexibility index (Phi) is 2.86. The number of carbonyl (C=O) groups is 1. The average Bonchev–Trinajstić information content (AvgIpc) is 2.58. The molecule has 12 heavy (non-hydrogen) atoms. The van der Waals surface area contributed by atoms with E-state index in [1.807, 2.05) is 19.1 Å². The van der Waals surface area contributed by atoms with Crippen LogP contribution >= 0.6 is 0 Å². The molecule has 0 aromatic carbocycles. The summed E-state index contributed by atoms with van der Waals surface area (Å²) < 4.78 is 5.18. The van der Waals surface area contributed by atoms with Crippen LogP contribution in [-0.2, 0) is 4.79 Å². The van der Waals surface area contributed by atoms with Crippen molar-refractivity contribution in [1.29, 1.82) is 0 Å². The van der Waals surface area contributed by atoms with Crippen LogP contribution in [0.1, 0.15) is 18.6 Å². The minimum atomic E-state index is -0.0753. The summed E-state index contributed by atoms with van der Waals surface area (Å²) in [6.07, 6.45) is 4.25. The highest BCUT2D eigenvalue weighted by Gasteiger charge is 2.17. The van der Waals surface area contributed by atoms with E-state index in [0.717, 1.165) is 12.0 Å². The van der Waals surface area contributed by atoms with Gasteiger partial charge in [0.25, 0.3) is 0 Å². The zero-order valence-electron chi connectivity index (χ0n) is 7.07. The highest BCUT2D eigenvalue weighted by Crippen LogP contribution is 2.24. The molecule has 1 aromatic rings. The maximum absolute atomic E-state index is 10.5. The number of furan rings is 1. The van der Waals surface area contributed by atoms with Crippen LogP contribution in [0.2, 0.25) is 0 Å². The van der Waals surface area contributed by atoms with E-state index in [2.05, 4.69) is 6.58 Å². The smallest absolute Gasteiger partial charge is 0.123 e. The average molecular weight is 164 g/mol. The van der Waals surface area contributed by atoms with E-state index < -0.39 is 0 Å². The molecule has 0 saturated carbocycles. The highest BCUT2D eigenvalue weighted by atomic mass is 16.3. The molecule has 0 aliphatic carbocycles. The van der Waals surface area contributed by atoms with Crippen molar-refractivity contribution in [3.05, 3.63) is 36.8 Å². The number of hydrogen-bond acceptors (Lipinski definition) is 2. The SMILES string of the molecule is C=C[C@@H](c1ccco1)[C@@H](C)C=O. The van der Waals surface area contributed by atoms with E-state index in [4.69, 9.17) is 4.42 Å². The van der Waals surface area contributed by atoms with E-state index in [1.165, 1.54) is 0 Å². The molecular formula is C10H12O2. The Balaban J connectivity index is 2.82. The number of hydrogen-bond donors (Lipinski definition) is 0. The minimum absolute atomic E-state index is 0.00231. The molecule has 2 atom stereocenters. The first kappa shape index (κ1) is 8.78. The second-order valence-corrected chi connectivity index (χ2v) is 2.77. The van der Waals surface area contributed by atoms with Crippen molar-refractivity contribution in [2.45, 2.75) is 12.8 Å². The van der Waals surface area contributed by atoms with Gasteiger partial charge >= 0.3 is 0 Å². The van der Waals surface area contributed by atoms with Crippen molar-refractivity contribution in [3.8, 4) is 0 Å². The van der Waals surface area contributed by atoms with Crippen LogP contribution in [0.4, 0.5) is 0 Å². The molecule has 1 aromatic heterocycles. The fourth-order valence-electron chi connectivity index (χ4n) is 1.16. The second kappa shape index (κ2) is 3.90. The zero-order chi connectivity index (χ0) is 8.97. The molecule has 0 spiro atoms. The molecule has 0 aliphatic rings. The number of carbonyl (C=O) groups excluding carboxylic acids is 1. The van der Waals surface area contributed by atoms with Gasteiger partial charge in [0, 0.05) is 11.8 Å². The maximum Gasteiger partial charge on any atom is 0.123 e. The Morgan fingerprint density at radius 1 is 1.67 bits per heavy atom. The van der Waals surface area contributed by atoms with Crippen LogP contribution < -0.4 is 0 Å². The van der Waals surface area contributed by atoms with Gasteiger partial charge in [-0.15, -0.1) is 6.58 Å². The fourth-order valence-corrected chi connectivity index (χ4v) is 1.16. The molecule has 0 radical (unpaired) electrons. The molecule has 2 heteroatoms. The van der Waals surface area contributed by atoms with Gasteiger partial charge in [-0.05, 0) is 12.1 Å². The molecule has 1 heterocycles. The summed E-state index contributed by atoms with van der Waals surface area (Å²) in [7, 11) is 0. The monoisotopic (exact) mass is 164 g/mol. The summed E-state index contributed by atoms with van der Waals surface area (Å²) in [6.45, 7) is 5.52. The van der Waals surface area contributed by atoms with E-state index in [0.29, 0.717) is 0 Å². The summed E-state index contributed by atoms with van der Waals surface area (Å²) >= 11 is 0. The van der Waals surface area contributed by atoms with Crippen LogP contribution in [0.3, 0.4) is 0 Å². The topological polar surface area (TPSA) is 30.2 Å². The zero-order valence-corrected chi connectivity index (χ0v) is 7.07. The van der Waals surface area contributed by atoms with Crippen LogP contribution in [0.25, 0.3) is 0 Å². The fraction of sp³-hybridized carbons (Fsp3) is 0.300. The van der Waals surface area contributed by atoms with Gasteiger partial charge in [-0.25, -0.2) is 0 Å². The van der Waals surface area contributed by atoms with Gasteiger partial charge < -0.3 is 9.21 Å². The Morgan fingerprint density at radius 2 is 2.42 bits per heavy atom. The maximum atomic E-state index is 10.5. The standard InChI is InChI=1S/C10H12O2/c1-3-9(8(2)7-11)10-5-4-6-12-10/h3-9H,1H2,2H3/t8-,9+/m0/s1. The third-order valence-electron chi connectivity index (χ3n) is 1.91. The van der Waals surface area contributed by atoms with Gasteiger partial charge in [-0.1, -0.05) is 13.0 Å². The summed E-state index contributed by atoms with van der Waals surface area (Å²) in [5, 5.41) is 0. The Labute approximate surface area is 71.9 Å². The van der Waals surface area contributed by atoms with E-state index in [9.17, 15) is 4.79 Å². The van der Waals surface area contributed by atoms with Gasteiger partial charge in [0.2, 0.25) is 0 Å². The molecule has 0 saturated heterocycles.